The zero-order chi connectivity index (χ0) is 16.7. The van der Waals surface area contributed by atoms with Gasteiger partial charge in [-0.2, -0.15) is 5.10 Å². The van der Waals surface area contributed by atoms with Gasteiger partial charge in [0.1, 0.15) is 18.7 Å². The van der Waals surface area contributed by atoms with Gasteiger partial charge < -0.3 is 4.42 Å². The highest BCUT2D eigenvalue weighted by Gasteiger charge is 2.21. The fourth-order valence-electron chi connectivity index (χ4n) is 3.05. The molecule has 2 heterocycles. The standard InChI is InChI=1S/C18H16N4O2/c1-12-8-16-15(21(2)18(23)24-16)9-14(12)17(22-11-19-10-20-22)13-6-4-3-5-7-13/h3-11,17H,1-2H3. The Hall–Kier alpha value is -3.15. The lowest BCUT2D eigenvalue weighted by atomic mass is 9.94. The Bertz CT molecular complexity index is 1050. The molecular formula is C18H16N4O2. The van der Waals surface area contributed by atoms with Crippen molar-refractivity contribution in [2.45, 2.75) is 13.0 Å². The first kappa shape index (κ1) is 14.4. The van der Waals surface area contributed by atoms with Gasteiger partial charge in [-0.3, -0.25) is 4.57 Å². The summed E-state index contributed by atoms with van der Waals surface area (Å²) >= 11 is 0. The number of rotatable bonds is 3. The first-order valence-electron chi connectivity index (χ1n) is 7.64. The molecule has 0 spiro atoms. The van der Waals surface area contributed by atoms with Crippen LogP contribution in [-0.2, 0) is 7.05 Å². The minimum Gasteiger partial charge on any atom is -0.408 e. The summed E-state index contributed by atoms with van der Waals surface area (Å²) in [5, 5.41) is 4.33. The van der Waals surface area contributed by atoms with Crippen LogP contribution in [0.1, 0.15) is 22.7 Å². The van der Waals surface area contributed by atoms with Crippen molar-refractivity contribution >= 4 is 11.1 Å². The van der Waals surface area contributed by atoms with Crippen molar-refractivity contribution in [2.24, 2.45) is 7.05 Å². The van der Waals surface area contributed by atoms with E-state index in [2.05, 4.69) is 22.2 Å². The molecule has 120 valence electrons. The number of nitrogens with zero attached hydrogens (tertiary/aromatic N) is 4. The molecule has 4 rings (SSSR count). The van der Waals surface area contributed by atoms with Crippen LogP contribution in [0, 0.1) is 6.92 Å². The van der Waals surface area contributed by atoms with Crippen LogP contribution in [0.4, 0.5) is 0 Å². The molecule has 0 aliphatic carbocycles. The minimum atomic E-state index is -0.362. The lowest BCUT2D eigenvalue weighted by Crippen LogP contribution is -2.14. The number of oxazole rings is 1. The minimum absolute atomic E-state index is 0.122. The quantitative estimate of drug-likeness (QED) is 0.582. The predicted octanol–water partition coefficient (Wildman–Crippen LogP) is 2.67. The molecule has 6 nitrogen and oxygen atoms in total. The second kappa shape index (κ2) is 5.49. The fraction of sp³-hybridized carbons (Fsp3) is 0.167. The van der Waals surface area contributed by atoms with E-state index in [1.807, 2.05) is 41.9 Å². The molecule has 1 unspecified atom stereocenters. The van der Waals surface area contributed by atoms with Gasteiger partial charge in [-0.15, -0.1) is 0 Å². The van der Waals surface area contributed by atoms with Crippen LogP contribution in [0.3, 0.4) is 0 Å². The van der Waals surface area contributed by atoms with Gasteiger partial charge in [0.05, 0.1) is 5.52 Å². The summed E-state index contributed by atoms with van der Waals surface area (Å²) in [5.41, 5.74) is 4.53. The van der Waals surface area contributed by atoms with E-state index >= 15 is 0 Å². The van der Waals surface area contributed by atoms with Crippen LogP contribution in [0.2, 0.25) is 0 Å². The van der Waals surface area contributed by atoms with Crippen LogP contribution in [-0.4, -0.2) is 19.3 Å². The molecule has 0 aliphatic heterocycles. The Balaban J connectivity index is 1.99. The summed E-state index contributed by atoms with van der Waals surface area (Å²) in [5.74, 6) is -0.362. The predicted molar refractivity (Wildman–Crippen MR) is 89.9 cm³/mol. The van der Waals surface area contributed by atoms with Crippen molar-refractivity contribution in [3.8, 4) is 0 Å². The molecule has 1 atom stereocenters. The molecule has 0 radical (unpaired) electrons. The molecule has 2 aromatic heterocycles. The molecule has 0 aliphatic rings. The van der Waals surface area contributed by atoms with Crippen molar-refractivity contribution in [1.82, 2.24) is 19.3 Å². The highest BCUT2D eigenvalue weighted by molar-refractivity contribution is 5.75. The van der Waals surface area contributed by atoms with Crippen LogP contribution in [0.15, 0.2) is 64.3 Å². The number of aromatic nitrogens is 4. The van der Waals surface area contributed by atoms with Crippen molar-refractivity contribution in [1.29, 1.82) is 0 Å². The van der Waals surface area contributed by atoms with E-state index in [-0.39, 0.29) is 11.8 Å². The van der Waals surface area contributed by atoms with E-state index in [1.54, 1.807) is 13.4 Å². The lowest BCUT2D eigenvalue weighted by molar-refractivity contribution is 0.528. The van der Waals surface area contributed by atoms with Gasteiger partial charge >= 0.3 is 5.76 Å². The molecule has 6 heteroatoms. The van der Waals surface area contributed by atoms with E-state index in [9.17, 15) is 4.79 Å². The first-order chi connectivity index (χ1) is 11.6. The van der Waals surface area contributed by atoms with Crippen molar-refractivity contribution < 1.29 is 4.42 Å². The maximum absolute atomic E-state index is 11.8. The van der Waals surface area contributed by atoms with E-state index in [1.165, 1.54) is 10.9 Å². The molecule has 0 saturated carbocycles. The Kier molecular flexibility index (Phi) is 3.30. The number of fused-ring (bicyclic) bond motifs is 1. The number of benzene rings is 2. The summed E-state index contributed by atoms with van der Waals surface area (Å²) in [4.78, 5) is 15.9. The summed E-state index contributed by atoms with van der Waals surface area (Å²) < 4.78 is 8.62. The fourth-order valence-corrected chi connectivity index (χ4v) is 3.05. The Morgan fingerprint density at radius 3 is 2.67 bits per heavy atom. The molecule has 0 amide bonds. The SMILES string of the molecule is Cc1cc2oc(=O)n(C)c2cc1C(c1ccccc1)n1cncn1. The van der Waals surface area contributed by atoms with Crippen molar-refractivity contribution in [3.05, 3.63) is 82.4 Å². The van der Waals surface area contributed by atoms with Gasteiger partial charge in [-0.1, -0.05) is 30.3 Å². The van der Waals surface area contributed by atoms with Gasteiger partial charge in [0.2, 0.25) is 0 Å². The maximum Gasteiger partial charge on any atom is 0.419 e. The third-order valence-electron chi connectivity index (χ3n) is 4.29. The lowest BCUT2D eigenvalue weighted by Gasteiger charge is -2.20. The molecule has 0 N–H and O–H groups in total. The third kappa shape index (κ3) is 2.23. The van der Waals surface area contributed by atoms with Crippen LogP contribution in [0.5, 0.6) is 0 Å². The molecule has 0 saturated heterocycles. The average Bonchev–Trinajstić information content (AvgIpc) is 3.19. The molecule has 4 aromatic rings. The summed E-state index contributed by atoms with van der Waals surface area (Å²) in [7, 11) is 1.71. The zero-order valence-corrected chi connectivity index (χ0v) is 13.4. The Labute approximate surface area is 138 Å². The summed E-state index contributed by atoms with van der Waals surface area (Å²) in [6.07, 6.45) is 3.23. The molecular weight excluding hydrogens is 304 g/mol. The van der Waals surface area contributed by atoms with Gasteiger partial charge in [0, 0.05) is 7.05 Å². The molecule has 0 bridgehead atoms. The van der Waals surface area contributed by atoms with Crippen LogP contribution in [0.25, 0.3) is 11.1 Å². The smallest absolute Gasteiger partial charge is 0.408 e. The summed E-state index contributed by atoms with van der Waals surface area (Å²) in [6, 6.07) is 13.9. The monoisotopic (exact) mass is 320 g/mol. The molecule has 0 fully saturated rings. The van der Waals surface area contributed by atoms with Gasteiger partial charge in [-0.25, -0.2) is 14.5 Å². The van der Waals surface area contributed by atoms with Crippen molar-refractivity contribution in [3.63, 3.8) is 0 Å². The van der Waals surface area contributed by atoms with Crippen LogP contribution >= 0.6 is 0 Å². The summed E-state index contributed by atoms with van der Waals surface area (Å²) in [6.45, 7) is 2.01. The Morgan fingerprint density at radius 2 is 1.96 bits per heavy atom. The Morgan fingerprint density at radius 1 is 1.17 bits per heavy atom. The van der Waals surface area contributed by atoms with Gasteiger partial charge in [-0.05, 0) is 35.7 Å². The highest BCUT2D eigenvalue weighted by atomic mass is 16.4. The van der Waals surface area contributed by atoms with E-state index in [4.69, 9.17) is 4.42 Å². The molecule has 24 heavy (non-hydrogen) atoms. The second-order valence-corrected chi connectivity index (χ2v) is 5.79. The largest absolute Gasteiger partial charge is 0.419 e. The topological polar surface area (TPSA) is 65.8 Å². The van der Waals surface area contributed by atoms with E-state index < -0.39 is 0 Å². The zero-order valence-electron chi connectivity index (χ0n) is 13.4. The highest BCUT2D eigenvalue weighted by Crippen LogP contribution is 2.31. The maximum atomic E-state index is 11.8. The van der Waals surface area contributed by atoms with E-state index in [0.29, 0.717) is 5.58 Å². The second-order valence-electron chi connectivity index (χ2n) is 5.79. The number of hydrogen-bond acceptors (Lipinski definition) is 4. The van der Waals surface area contributed by atoms with Gasteiger partial charge in [0.25, 0.3) is 0 Å². The normalized spacial score (nSPS) is 12.6. The third-order valence-corrected chi connectivity index (χ3v) is 4.29. The average molecular weight is 320 g/mol. The number of aryl methyl sites for hydroxylation is 2. The van der Waals surface area contributed by atoms with E-state index in [0.717, 1.165) is 22.2 Å². The molecule has 2 aromatic carbocycles. The van der Waals surface area contributed by atoms with Crippen molar-refractivity contribution in [2.75, 3.05) is 0 Å². The van der Waals surface area contributed by atoms with Gasteiger partial charge in [0.15, 0.2) is 5.58 Å². The first-order valence-corrected chi connectivity index (χ1v) is 7.64. The van der Waals surface area contributed by atoms with Crippen LogP contribution < -0.4 is 5.76 Å². The number of hydrogen-bond donors (Lipinski definition) is 0.